The minimum Gasteiger partial charge on any atom is -0.365 e. The fourth-order valence-electron chi connectivity index (χ4n) is 1.74. The average molecular weight is 342 g/mol. The Hall–Kier alpha value is -1.99. The van der Waals surface area contributed by atoms with Gasteiger partial charge in [-0.1, -0.05) is 11.6 Å². The van der Waals surface area contributed by atoms with Crippen LogP contribution in [0, 0.1) is 5.82 Å². The highest BCUT2D eigenvalue weighted by Crippen LogP contribution is 2.29. The maximum Gasteiger partial charge on any atom is 0.260 e. The molecule has 8 heteroatoms. The van der Waals surface area contributed by atoms with Crippen molar-refractivity contribution < 1.29 is 14.0 Å². The van der Waals surface area contributed by atoms with Crippen LogP contribution in [-0.4, -0.2) is 23.3 Å². The molecule has 3 rings (SSSR count). The van der Waals surface area contributed by atoms with E-state index >= 15 is 0 Å². The molecule has 116 valence electrons. The standard InChI is InChI=1S/C10H6ClFN2OS.C4H7NO/c11-5-1-2-7(12)6(3-5)10-14-4-8(16-10)9(13)15;6-4-2-1-3-5-4/h1-4H,(H2,13,15);1-3H2,(H,5,6). The van der Waals surface area contributed by atoms with Crippen molar-refractivity contribution in [2.45, 2.75) is 12.8 Å². The van der Waals surface area contributed by atoms with E-state index in [9.17, 15) is 14.0 Å². The lowest BCUT2D eigenvalue weighted by Gasteiger charge is -1.98. The number of hydrogen-bond donors (Lipinski definition) is 2. The molecule has 5 nitrogen and oxygen atoms in total. The zero-order chi connectivity index (χ0) is 16.1. The second kappa shape index (κ2) is 7.33. The Kier molecular flexibility index (Phi) is 5.46. The molecular formula is C14H13ClFN3O2S. The number of hydrogen-bond acceptors (Lipinski definition) is 4. The highest BCUT2D eigenvalue weighted by atomic mass is 35.5. The fourth-order valence-corrected chi connectivity index (χ4v) is 2.70. The molecule has 0 spiro atoms. The second-order valence-corrected chi connectivity index (χ2v) is 5.94. The Morgan fingerprint density at radius 3 is 2.73 bits per heavy atom. The number of thiazole rings is 1. The molecule has 3 N–H and O–H groups in total. The van der Waals surface area contributed by atoms with Gasteiger partial charge < -0.3 is 11.1 Å². The van der Waals surface area contributed by atoms with Gasteiger partial charge in [0.2, 0.25) is 5.91 Å². The summed E-state index contributed by atoms with van der Waals surface area (Å²) in [6.07, 6.45) is 3.08. The lowest BCUT2D eigenvalue weighted by Crippen LogP contribution is -2.12. The number of nitrogens with one attached hydrogen (secondary N) is 1. The lowest BCUT2D eigenvalue weighted by molar-refractivity contribution is -0.119. The minimum absolute atomic E-state index is 0.204. The topological polar surface area (TPSA) is 85.1 Å². The fraction of sp³-hybridized carbons (Fsp3) is 0.214. The summed E-state index contributed by atoms with van der Waals surface area (Å²) < 4.78 is 13.5. The van der Waals surface area contributed by atoms with E-state index in [1.54, 1.807) is 0 Å². The van der Waals surface area contributed by atoms with E-state index in [0.29, 0.717) is 10.0 Å². The Labute approximate surface area is 135 Å². The molecule has 2 aromatic rings. The predicted molar refractivity (Wildman–Crippen MR) is 83.3 cm³/mol. The van der Waals surface area contributed by atoms with Gasteiger partial charge in [-0.3, -0.25) is 9.59 Å². The molecule has 2 amide bonds. The van der Waals surface area contributed by atoms with Crippen molar-refractivity contribution in [1.29, 1.82) is 0 Å². The van der Waals surface area contributed by atoms with E-state index in [0.717, 1.165) is 30.7 Å². The second-order valence-electron chi connectivity index (χ2n) is 4.47. The van der Waals surface area contributed by atoms with E-state index < -0.39 is 11.7 Å². The monoisotopic (exact) mass is 341 g/mol. The van der Waals surface area contributed by atoms with Crippen LogP contribution in [0.15, 0.2) is 24.4 Å². The lowest BCUT2D eigenvalue weighted by atomic mass is 10.2. The van der Waals surface area contributed by atoms with Crippen LogP contribution in [0.25, 0.3) is 10.6 Å². The van der Waals surface area contributed by atoms with Crippen LogP contribution < -0.4 is 11.1 Å². The van der Waals surface area contributed by atoms with E-state index in [1.165, 1.54) is 24.4 Å². The molecule has 0 radical (unpaired) electrons. The van der Waals surface area contributed by atoms with E-state index in [4.69, 9.17) is 17.3 Å². The molecule has 0 atom stereocenters. The highest BCUT2D eigenvalue weighted by molar-refractivity contribution is 7.16. The maximum atomic E-state index is 13.5. The number of aromatic nitrogens is 1. The predicted octanol–water partition coefficient (Wildman–Crippen LogP) is 2.60. The number of amides is 2. The summed E-state index contributed by atoms with van der Waals surface area (Å²) in [5.74, 6) is -0.809. The molecule has 0 aliphatic carbocycles. The van der Waals surface area contributed by atoms with Gasteiger partial charge in [-0.15, -0.1) is 11.3 Å². The smallest absolute Gasteiger partial charge is 0.260 e. The molecule has 0 bridgehead atoms. The number of halogens is 2. The summed E-state index contributed by atoms with van der Waals surface area (Å²) in [5.41, 5.74) is 5.35. The number of carbonyl (C=O) groups excluding carboxylic acids is 2. The van der Waals surface area contributed by atoms with Crippen LogP contribution in [0.3, 0.4) is 0 Å². The van der Waals surface area contributed by atoms with Crippen LogP contribution in [-0.2, 0) is 4.79 Å². The summed E-state index contributed by atoms with van der Waals surface area (Å²) in [6, 6.07) is 4.16. The van der Waals surface area contributed by atoms with Gasteiger partial charge in [0, 0.05) is 23.6 Å². The van der Waals surface area contributed by atoms with E-state index in [1.807, 2.05) is 0 Å². The molecule has 1 aliphatic rings. The Balaban J connectivity index is 0.000000246. The van der Waals surface area contributed by atoms with Crippen molar-refractivity contribution in [2.24, 2.45) is 5.73 Å². The summed E-state index contributed by atoms with van der Waals surface area (Å²) in [4.78, 5) is 25.2. The van der Waals surface area contributed by atoms with Gasteiger partial charge in [-0.25, -0.2) is 9.37 Å². The van der Waals surface area contributed by atoms with Crippen molar-refractivity contribution in [3.63, 3.8) is 0 Å². The maximum absolute atomic E-state index is 13.5. The zero-order valence-electron chi connectivity index (χ0n) is 11.4. The first-order valence-corrected chi connectivity index (χ1v) is 7.64. The summed E-state index contributed by atoms with van der Waals surface area (Å²) in [6.45, 7) is 0.888. The SMILES string of the molecule is NC(=O)c1cnc(-c2cc(Cl)ccc2F)s1.O=C1CCCN1. The van der Waals surface area contributed by atoms with Crippen molar-refractivity contribution in [3.8, 4) is 10.6 Å². The average Bonchev–Trinajstić information content (AvgIpc) is 3.13. The number of primary amides is 1. The highest BCUT2D eigenvalue weighted by Gasteiger charge is 2.12. The number of nitrogens with two attached hydrogens (primary N) is 1. The van der Waals surface area contributed by atoms with Crippen LogP contribution in [0.5, 0.6) is 0 Å². The van der Waals surface area contributed by atoms with Crippen LogP contribution >= 0.6 is 22.9 Å². The number of carbonyl (C=O) groups is 2. The van der Waals surface area contributed by atoms with Crippen molar-refractivity contribution in [2.75, 3.05) is 6.54 Å². The van der Waals surface area contributed by atoms with Crippen LogP contribution in [0.4, 0.5) is 4.39 Å². The van der Waals surface area contributed by atoms with Crippen molar-refractivity contribution >= 4 is 34.8 Å². The largest absolute Gasteiger partial charge is 0.365 e. The molecule has 0 unspecified atom stereocenters. The summed E-state index contributed by atoms with van der Waals surface area (Å²) >= 11 is 6.79. The van der Waals surface area contributed by atoms with Crippen LogP contribution in [0.2, 0.25) is 5.02 Å². The Morgan fingerprint density at radius 1 is 1.45 bits per heavy atom. The minimum atomic E-state index is -0.578. The van der Waals surface area contributed by atoms with Gasteiger partial charge in [0.05, 0.1) is 6.20 Å². The third-order valence-electron chi connectivity index (χ3n) is 2.81. The number of benzene rings is 1. The first-order chi connectivity index (χ1) is 10.5. The molecule has 1 saturated heterocycles. The zero-order valence-corrected chi connectivity index (χ0v) is 13.0. The van der Waals surface area contributed by atoms with E-state index in [-0.39, 0.29) is 16.3 Å². The third kappa shape index (κ3) is 4.25. The van der Waals surface area contributed by atoms with Gasteiger partial charge in [0.1, 0.15) is 15.7 Å². The molecule has 1 aromatic heterocycles. The van der Waals surface area contributed by atoms with Gasteiger partial charge >= 0.3 is 0 Å². The van der Waals surface area contributed by atoms with Crippen molar-refractivity contribution in [1.82, 2.24) is 10.3 Å². The molecule has 1 aromatic carbocycles. The number of rotatable bonds is 2. The number of nitrogens with zero attached hydrogens (tertiary/aromatic N) is 1. The molecule has 0 saturated carbocycles. The first-order valence-electron chi connectivity index (χ1n) is 6.45. The van der Waals surface area contributed by atoms with Crippen LogP contribution in [0.1, 0.15) is 22.5 Å². The van der Waals surface area contributed by atoms with Gasteiger partial charge in [-0.2, -0.15) is 0 Å². The third-order valence-corrected chi connectivity index (χ3v) is 4.09. The molecule has 2 heterocycles. The molecule has 1 fully saturated rings. The molecular weight excluding hydrogens is 329 g/mol. The molecule has 22 heavy (non-hydrogen) atoms. The van der Waals surface area contributed by atoms with Gasteiger partial charge in [-0.05, 0) is 24.6 Å². The van der Waals surface area contributed by atoms with Gasteiger partial charge in [0.25, 0.3) is 5.91 Å². The van der Waals surface area contributed by atoms with E-state index in [2.05, 4.69) is 10.3 Å². The Bertz CT molecular complexity index is 697. The summed E-state index contributed by atoms with van der Waals surface area (Å²) in [5, 5.41) is 3.47. The quantitative estimate of drug-likeness (QED) is 0.880. The normalized spacial score (nSPS) is 13.3. The summed E-state index contributed by atoms with van der Waals surface area (Å²) in [7, 11) is 0. The Morgan fingerprint density at radius 2 is 2.23 bits per heavy atom. The molecule has 1 aliphatic heterocycles. The first kappa shape index (κ1) is 16.4. The van der Waals surface area contributed by atoms with Gasteiger partial charge in [0.15, 0.2) is 0 Å². The van der Waals surface area contributed by atoms with Crippen molar-refractivity contribution in [3.05, 3.63) is 40.1 Å².